The number of esters is 1. The highest BCUT2D eigenvalue weighted by molar-refractivity contribution is 7.89. The first-order valence-electron chi connectivity index (χ1n) is 5.65. The van der Waals surface area contributed by atoms with E-state index in [0.29, 0.717) is 0 Å². The van der Waals surface area contributed by atoms with Crippen LogP contribution in [0.4, 0.5) is 0 Å². The first-order chi connectivity index (χ1) is 8.74. The molecule has 3 N–H and O–H groups in total. The number of ether oxygens (including phenoxy) is 1. The number of nitrogens with one attached hydrogen (secondary N) is 1. The van der Waals surface area contributed by atoms with Crippen molar-refractivity contribution in [2.75, 3.05) is 13.7 Å². The molecule has 8 heteroatoms. The van der Waals surface area contributed by atoms with E-state index in [1.165, 1.54) is 21.0 Å². The number of sulfonamides is 1. The maximum atomic E-state index is 12.2. The summed E-state index contributed by atoms with van der Waals surface area (Å²) >= 11 is 0. The van der Waals surface area contributed by atoms with E-state index in [1.807, 2.05) is 0 Å². The molecule has 1 heterocycles. The normalized spacial score (nSPS) is 13.3. The molecule has 1 atom stereocenters. The van der Waals surface area contributed by atoms with Crippen LogP contribution in [0.25, 0.3) is 0 Å². The van der Waals surface area contributed by atoms with E-state index in [-0.39, 0.29) is 28.5 Å². The van der Waals surface area contributed by atoms with E-state index in [9.17, 15) is 13.2 Å². The van der Waals surface area contributed by atoms with E-state index < -0.39 is 22.0 Å². The van der Waals surface area contributed by atoms with Gasteiger partial charge in [0.1, 0.15) is 22.0 Å². The van der Waals surface area contributed by atoms with Crippen molar-refractivity contribution >= 4 is 16.0 Å². The number of carbonyl (C=O) groups excluding carboxylic acids is 1. The first-order valence-corrected chi connectivity index (χ1v) is 7.13. The van der Waals surface area contributed by atoms with Gasteiger partial charge in [-0.15, -0.1) is 0 Å². The third-order valence-electron chi connectivity index (χ3n) is 2.57. The molecule has 0 unspecified atom stereocenters. The topological polar surface area (TPSA) is 112 Å². The first kappa shape index (κ1) is 15.7. The number of hydrogen-bond acceptors (Lipinski definition) is 6. The van der Waals surface area contributed by atoms with Crippen LogP contribution in [0.5, 0.6) is 0 Å². The number of hydrogen-bond donors (Lipinski definition) is 2. The number of nitrogens with two attached hydrogens (primary N) is 1. The molecule has 0 bridgehead atoms. The maximum Gasteiger partial charge on any atom is 0.342 e. The van der Waals surface area contributed by atoms with Crippen molar-refractivity contribution in [1.82, 2.24) is 4.72 Å². The van der Waals surface area contributed by atoms with Crippen LogP contribution in [-0.4, -0.2) is 34.1 Å². The molecule has 0 aliphatic heterocycles. The van der Waals surface area contributed by atoms with Crippen molar-refractivity contribution in [3.8, 4) is 0 Å². The van der Waals surface area contributed by atoms with Gasteiger partial charge >= 0.3 is 5.97 Å². The van der Waals surface area contributed by atoms with Crippen LogP contribution in [0.3, 0.4) is 0 Å². The summed E-state index contributed by atoms with van der Waals surface area (Å²) in [6.07, 6.45) is 0. The zero-order chi connectivity index (χ0) is 14.8. The van der Waals surface area contributed by atoms with Crippen LogP contribution in [0.2, 0.25) is 0 Å². The minimum atomic E-state index is -3.89. The fourth-order valence-electron chi connectivity index (χ4n) is 1.70. The highest BCUT2D eigenvalue weighted by atomic mass is 32.2. The van der Waals surface area contributed by atoms with E-state index in [0.717, 1.165) is 0 Å². The molecule has 7 nitrogen and oxygen atoms in total. The SMILES string of the molecule is COC(=O)c1c(C)oc(C)c1S(=O)(=O)N[C@H](C)CN. The molecule has 1 rings (SSSR count). The molecule has 1 aromatic heterocycles. The Balaban J connectivity index is 3.38. The summed E-state index contributed by atoms with van der Waals surface area (Å²) in [4.78, 5) is 11.5. The van der Waals surface area contributed by atoms with Crippen molar-refractivity contribution in [2.45, 2.75) is 31.7 Å². The van der Waals surface area contributed by atoms with Gasteiger partial charge in [0, 0.05) is 12.6 Å². The largest absolute Gasteiger partial charge is 0.465 e. The average Bonchev–Trinajstić information content (AvgIpc) is 2.63. The Hall–Kier alpha value is -1.38. The fraction of sp³-hybridized carbons (Fsp3) is 0.545. The molecule has 0 aliphatic rings. The predicted molar refractivity (Wildman–Crippen MR) is 68.4 cm³/mol. The number of methoxy groups -OCH3 is 1. The van der Waals surface area contributed by atoms with Crippen molar-refractivity contribution in [2.24, 2.45) is 5.73 Å². The Labute approximate surface area is 112 Å². The molecule has 0 amide bonds. The second-order valence-corrected chi connectivity index (χ2v) is 5.82. The van der Waals surface area contributed by atoms with Gasteiger partial charge in [-0.3, -0.25) is 0 Å². The van der Waals surface area contributed by atoms with E-state index in [4.69, 9.17) is 10.2 Å². The van der Waals surface area contributed by atoms with Gasteiger partial charge in [0.05, 0.1) is 7.11 Å². The lowest BCUT2D eigenvalue weighted by atomic mass is 10.2. The molecular weight excluding hydrogens is 272 g/mol. The van der Waals surface area contributed by atoms with E-state index in [1.54, 1.807) is 6.92 Å². The molecule has 0 aliphatic carbocycles. The molecule has 1 aromatic rings. The zero-order valence-corrected chi connectivity index (χ0v) is 12.1. The van der Waals surface area contributed by atoms with Crippen LogP contribution in [0.15, 0.2) is 9.31 Å². The quantitative estimate of drug-likeness (QED) is 0.755. The van der Waals surface area contributed by atoms with Gasteiger partial charge in [-0.2, -0.15) is 0 Å². The van der Waals surface area contributed by atoms with Crippen LogP contribution in [0, 0.1) is 13.8 Å². The zero-order valence-electron chi connectivity index (χ0n) is 11.3. The Bertz CT molecular complexity index is 576. The molecule has 0 radical (unpaired) electrons. The van der Waals surface area contributed by atoms with Crippen molar-refractivity contribution in [3.05, 3.63) is 17.1 Å². The fourth-order valence-corrected chi connectivity index (χ4v) is 3.36. The Kier molecular flexibility index (Phi) is 4.72. The van der Waals surface area contributed by atoms with Gasteiger partial charge in [0.15, 0.2) is 0 Å². The Morgan fingerprint density at radius 2 is 2.00 bits per heavy atom. The molecule has 0 fully saturated rings. The van der Waals surface area contributed by atoms with Crippen LogP contribution in [0.1, 0.15) is 28.8 Å². The summed E-state index contributed by atoms with van der Waals surface area (Å²) < 4.78 is 36.7. The Morgan fingerprint density at radius 3 is 2.47 bits per heavy atom. The minimum Gasteiger partial charge on any atom is -0.465 e. The van der Waals surface area contributed by atoms with Crippen LogP contribution in [-0.2, 0) is 14.8 Å². The standard InChI is InChI=1S/C11H18N2O5S/c1-6(5-12)13-19(15,16)10-8(3)18-7(2)9(10)11(14)17-4/h6,13H,5,12H2,1-4H3/t6-/m1/s1. The molecule has 0 saturated heterocycles. The second-order valence-electron chi connectivity index (χ2n) is 4.17. The average molecular weight is 290 g/mol. The summed E-state index contributed by atoms with van der Waals surface area (Å²) in [5.74, 6) is -0.421. The van der Waals surface area contributed by atoms with Gasteiger partial charge in [-0.1, -0.05) is 0 Å². The van der Waals surface area contributed by atoms with Gasteiger partial charge in [-0.05, 0) is 20.8 Å². The molecule has 0 saturated carbocycles. The summed E-state index contributed by atoms with van der Waals surface area (Å²) in [6, 6.07) is -0.454. The molecule has 0 spiro atoms. The Morgan fingerprint density at radius 1 is 1.42 bits per heavy atom. The van der Waals surface area contributed by atoms with Gasteiger partial charge < -0.3 is 14.9 Å². The van der Waals surface area contributed by atoms with E-state index in [2.05, 4.69) is 9.46 Å². The summed E-state index contributed by atoms with van der Waals surface area (Å²) in [5.41, 5.74) is 5.30. The number of rotatable bonds is 5. The lowest BCUT2D eigenvalue weighted by molar-refractivity contribution is 0.0595. The molecule has 0 aromatic carbocycles. The maximum absolute atomic E-state index is 12.2. The second kappa shape index (κ2) is 5.72. The van der Waals surface area contributed by atoms with Crippen molar-refractivity contribution in [3.63, 3.8) is 0 Å². The van der Waals surface area contributed by atoms with Crippen molar-refractivity contribution < 1.29 is 22.4 Å². The lowest BCUT2D eigenvalue weighted by Gasteiger charge is -2.12. The highest BCUT2D eigenvalue weighted by Crippen LogP contribution is 2.27. The van der Waals surface area contributed by atoms with Gasteiger partial charge in [-0.25, -0.2) is 17.9 Å². The van der Waals surface area contributed by atoms with Crippen molar-refractivity contribution in [1.29, 1.82) is 0 Å². The molecule has 108 valence electrons. The third-order valence-corrected chi connectivity index (χ3v) is 4.31. The van der Waals surface area contributed by atoms with E-state index >= 15 is 0 Å². The van der Waals surface area contributed by atoms with Gasteiger partial charge in [0.25, 0.3) is 0 Å². The minimum absolute atomic E-state index is 0.0864. The number of aryl methyl sites for hydroxylation is 2. The summed E-state index contributed by atoms with van der Waals surface area (Å²) in [7, 11) is -2.71. The third kappa shape index (κ3) is 3.14. The summed E-state index contributed by atoms with van der Waals surface area (Å²) in [5, 5.41) is 0. The molecular formula is C11H18N2O5S. The molecule has 19 heavy (non-hydrogen) atoms. The summed E-state index contributed by atoms with van der Waals surface area (Å²) in [6.45, 7) is 4.74. The number of furan rings is 1. The van der Waals surface area contributed by atoms with Gasteiger partial charge in [0.2, 0.25) is 10.0 Å². The lowest BCUT2D eigenvalue weighted by Crippen LogP contribution is -2.38. The highest BCUT2D eigenvalue weighted by Gasteiger charge is 2.32. The predicted octanol–water partition coefficient (Wildman–Crippen LogP) is 0.309. The van der Waals surface area contributed by atoms with Crippen LogP contribution < -0.4 is 10.5 Å². The van der Waals surface area contributed by atoms with Crippen LogP contribution >= 0.6 is 0 Å². The monoisotopic (exact) mass is 290 g/mol. The number of carbonyl (C=O) groups is 1. The smallest absolute Gasteiger partial charge is 0.342 e.